The molecule has 1 rings (SSSR count). The molecule has 1 saturated heterocycles. The maximum absolute atomic E-state index is 10.4. The minimum Gasteiger partial charge on any atom is -0.394 e. The largest absolute Gasteiger partial charge is 0.394 e. The van der Waals surface area contributed by atoms with E-state index in [9.17, 15) is 25.5 Å². The number of hydrogen-bond acceptors (Lipinski definition) is 7. The fourth-order valence-electron chi connectivity index (χ4n) is 3.35. The topological polar surface area (TPSA) is 120 Å². The van der Waals surface area contributed by atoms with Gasteiger partial charge in [0, 0.05) is 0 Å². The van der Waals surface area contributed by atoms with E-state index in [0.717, 1.165) is 43.3 Å². The van der Waals surface area contributed by atoms with E-state index < -0.39 is 43.4 Å². The number of likely N-dealkylation sites (N-methyl/N-ethyl adjacent to an activating group) is 1. The van der Waals surface area contributed by atoms with Gasteiger partial charge >= 0.3 is 0 Å². The van der Waals surface area contributed by atoms with E-state index in [4.69, 9.17) is 9.47 Å². The first kappa shape index (κ1) is 23.7. The van der Waals surface area contributed by atoms with Crippen LogP contribution in [0.5, 0.6) is 0 Å². The molecule has 0 saturated carbocycles. The molecule has 0 aromatic carbocycles. The van der Waals surface area contributed by atoms with Gasteiger partial charge in [-0.3, -0.25) is 0 Å². The molecule has 0 aromatic rings. The summed E-state index contributed by atoms with van der Waals surface area (Å²) in [4.78, 5) is 0. The molecule has 0 radical (unpaired) electrons. The number of rotatable bonds is 12. The second-order valence-corrected chi connectivity index (χ2v) is 7.64. The van der Waals surface area contributed by atoms with Crippen LogP contribution < -0.4 is 0 Å². The molecular weight excluding hydrogens is 342 g/mol. The Labute approximate surface area is 156 Å². The second-order valence-electron chi connectivity index (χ2n) is 7.64. The first-order valence-electron chi connectivity index (χ1n) is 9.71. The molecule has 1 heterocycles. The summed E-state index contributed by atoms with van der Waals surface area (Å²) in [5, 5.41) is 49.1. The van der Waals surface area contributed by atoms with Crippen LogP contribution in [0.25, 0.3) is 0 Å². The van der Waals surface area contributed by atoms with Crippen molar-refractivity contribution in [3.05, 3.63) is 0 Å². The maximum atomic E-state index is 10.4. The quantitative estimate of drug-likeness (QED) is 0.282. The number of ether oxygens (including phenoxy) is 2. The standard InChI is InChI=1S/C18H38NO7/c1-4-6-8-19(3,9-7-5-2)10-13(21)12-25-18-17(24)16(23)15(22)14(11-20)26-18/h13-18,20-24H,4-12H2,1-3H3/q+1/t13?,14-,15+,16+,17-,18-/m1/s1. The summed E-state index contributed by atoms with van der Waals surface area (Å²) < 4.78 is 11.5. The predicted octanol–water partition coefficient (Wildman–Crippen LogP) is -0.789. The molecule has 26 heavy (non-hydrogen) atoms. The number of unbranched alkanes of at least 4 members (excludes halogenated alkanes) is 2. The summed E-state index contributed by atoms with van der Waals surface area (Å²) in [6.07, 6.45) is -2.94. The Balaban J connectivity index is 2.56. The molecular formula is C18H38NO7+. The molecule has 5 N–H and O–H groups in total. The van der Waals surface area contributed by atoms with Crippen LogP contribution in [0.15, 0.2) is 0 Å². The molecule has 1 aliphatic heterocycles. The third-order valence-corrected chi connectivity index (χ3v) is 5.06. The van der Waals surface area contributed by atoms with Crippen LogP contribution in [0.4, 0.5) is 0 Å². The van der Waals surface area contributed by atoms with Crippen molar-refractivity contribution >= 4 is 0 Å². The SMILES string of the molecule is CCCC[N+](C)(CCCC)CC(O)CO[C@@H]1O[C@H](CO)[C@H](O)[C@H](O)[C@H]1O. The third-order valence-electron chi connectivity index (χ3n) is 5.06. The molecule has 8 heteroatoms. The van der Waals surface area contributed by atoms with Gasteiger partial charge in [0.15, 0.2) is 6.29 Å². The van der Waals surface area contributed by atoms with Crippen LogP contribution in [-0.4, -0.2) is 107 Å². The van der Waals surface area contributed by atoms with E-state index in [-0.39, 0.29) is 6.61 Å². The highest BCUT2D eigenvalue weighted by molar-refractivity contribution is 4.88. The van der Waals surface area contributed by atoms with E-state index >= 15 is 0 Å². The molecule has 0 aromatic heterocycles. The van der Waals surface area contributed by atoms with Crippen molar-refractivity contribution in [3.63, 3.8) is 0 Å². The lowest BCUT2D eigenvalue weighted by Gasteiger charge is -2.40. The molecule has 0 bridgehead atoms. The number of quaternary nitrogens is 1. The van der Waals surface area contributed by atoms with Gasteiger partial charge in [0.25, 0.3) is 0 Å². The van der Waals surface area contributed by atoms with Gasteiger partial charge in [-0.15, -0.1) is 0 Å². The summed E-state index contributed by atoms with van der Waals surface area (Å²) in [6, 6.07) is 0. The molecule has 0 amide bonds. The molecule has 8 nitrogen and oxygen atoms in total. The first-order valence-corrected chi connectivity index (χ1v) is 9.71. The molecule has 0 aliphatic carbocycles. The van der Waals surface area contributed by atoms with Gasteiger partial charge in [-0.05, 0) is 12.8 Å². The normalized spacial score (nSPS) is 31.2. The van der Waals surface area contributed by atoms with Gasteiger partial charge in [0.1, 0.15) is 37.1 Å². The molecule has 0 spiro atoms. The summed E-state index contributed by atoms with van der Waals surface area (Å²) in [5.41, 5.74) is 0. The van der Waals surface area contributed by atoms with Crippen molar-refractivity contribution in [3.8, 4) is 0 Å². The third kappa shape index (κ3) is 7.01. The van der Waals surface area contributed by atoms with E-state index in [2.05, 4.69) is 20.9 Å². The Morgan fingerprint density at radius 1 is 1.00 bits per heavy atom. The van der Waals surface area contributed by atoms with E-state index in [1.54, 1.807) is 0 Å². The van der Waals surface area contributed by atoms with Crippen LogP contribution in [-0.2, 0) is 9.47 Å². The first-order chi connectivity index (χ1) is 12.3. The van der Waals surface area contributed by atoms with Crippen molar-refractivity contribution in [1.82, 2.24) is 0 Å². The Bertz CT molecular complexity index is 375. The van der Waals surface area contributed by atoms with Crippen LogP contribution in [0.3, 0.4) is 0 Å². The van der Waals surface area contributed by atoms with Gasteiger partial charge in [0.05, 0.1) is 33.4 Å². The molecule has 1 aliphatic rings. The highest BCUT2D eigenvalue weighted by atomic mass is 16.7. The monoisotopic (exact) mass is 380 g/mol. The Morgan fingerprint density at radius 3 is 2.08 bits per heavy atom. The lowest BCUT2D eigenvalue weighted by molar-refractivity contribution is -0.913. The van der Waals surface area contributed by atoms with Crippen molar-refractivity contribution in [1.29, 1.82) is 0 Å². The van der Waals surface area contributed by atoms with Crippen LogP contribution >= 0.6 is 0 Å². The summed E-state index contributed by atoms with van der Waals surface area (Å²) >= 11 is 0. The van der Waals surface area contributed by atoms with Crippen molar-refractivity contribution in [2.24, 2.45) is 0 Å². The molecule has 6 atom stereocenters. The number of aliphatic hydroxyl groups is 5. The van der Waals surface area contributed by atoms with E-state index in [0.29, 0.717) is 6.54 Å². The Hall–Kier alpha value is -0.320. The minimum atomic E-state index is -1.47. The zero-order valence-electron chi connectivity index (χ0n) is 16.3. The van der Waals surface area contributed by atoms with E-state index in [1.807, 2.05) is 0 Å². The van der Waals surface area contributed by atoms with Gasteiger partial charge in [-0.1, -0.05) is 26.7 Å². The predicted molar refractivity (Wildman–Crippen MR) is 96.3 cm³/mol. The summed E-state index contributed by atoms with van der Waals surface area (Å²) in [5.74, 6) is 0. The fraction of sp³-hybridized carbons (Fsp3) is 1.00. The van der Waals surface area contributed by atoms with Gasteiger partial charge in [-0.25, -0.2) is 0 Å². The Kier molecular flexibility index (Phi) is 10.5. The van der Waals surface area contributed by atoms with Gasteiger partial charge in [0.2, 0.25) is 0 Å². The number of aliphatic hydroxyl groups excluding tert-OH is 5. The zero-order valence-corrected chi connectivity index (χ0v) is 16.3. The van der Waals surface area contributed by atoms with Crippen LogP contribution in [0, 0.1) is 0 Å². The second kappa shape index (κ2) is 11.5. The smallest absolute Gasteiger partial charge is 0.186 e. The number of nitrogens with zero attached hydrogens (tertiary/aromatic N) is 1. The van der Waals surface area contributed by atoms with Gasteiger partial charge < -0.3 is 39.5 Å². The molecule has 1 fully saturated rings. The zero-order chi connectivity index (χ0) is 19.7. The van der Waals surface area contributed by atoms with Gasteiger partial charge in [-0.2, -0.15) is 0 Å². The van der Waals surface area contributed by atoms with Crippen molar-refractivity contribution in [2.75, 3.05) is 39.9 Å². The van der Waals surface area contributed by atoms with Crippen molar-refractivity contribution < 1.29 is 39.5 Å². The summed E-state index contributed by atoms with van der Waals surface area (Å²) in [7, 11) is 2.13. The van der Waals surface area contributed by atoms with Crippen LogP contribution in [0.2, 0.25) is 0 Å². The maximum Gasteiger partial charge on any atom is 0.186 e. The minimum absolute atomic E-state index is 0.0607. The average molecular weight is 381 g/mol. The van der Waals surface area contributed by atoms with Crippen molar-refractivity contribution in [2.45, 2.75) is 76.3 Å². The number of hydrogen-bond donors (Lipinski definition) is 5. The molecule has 156 valence electrons. The highest BCUT2D eigenvalue weighted by Gasteiger charge is 2.44. The lowest BCUT2D eigenvalue weighted by atomic mass is 9.99. The highest BCUT2D eigenvalue weighted by Crippen LogP contribution is 2.22. The Morgan fingerprint density at radius 2 is 1.58 bits per heavy atom. The fourth-order valence-corrected chi connectivity index (χ4v) is 3.35. The lowest BCUT2D eigenvalue weighted by Crippen LogP contribution is -2.59. The molecule has 1 unspecified atom stereocenters. The average Bonchev–Trinajstić information content (AvgIpc) is 2.62. The van der Waals surface area contributed by atoms with Crippen LogP contribution in [0.1, 0.15) is 39.5 Å². The van der Waals surface area contributed by atoms with E-state index in [1.165, 1.54) is 0 Å². The summed E-state index contributed by atoms with van der Waals surface area (Å²) in [6.45, 7) is 6.20.